The van der Waals surface area contributed by atoms with Crippen LogP contribution in [0, 0.1) is 5.92 Å². The number of carbonyl (C=O) groups excluding carboxylic acids is 2. The van der Waals surface area contributed by atoms with E-state index in [-0.39, 0.29) is 23.8 Å². The summed E-state index contributed by atoms with van der Waals surface area (Å²) in [4.78, 5) is 30.4. The molecule has 0 fully saturated rings. The van der Waals surface area contributed by atoms with Crippen molar-refractivity contribution < 1.29 is 9.59 Å². The number of nitrogens with zero attached hydrogens (tertiary/aromatic N) is 3. The van der Waals surface area contributed by atoms with Crippen LogP contribution < -0.4 is 0 Å². The van der Waals surface area contributed by atoms with Crippen molar-refractivity contribution in [1.29, 1.82) is 0 Å². The molecule has 1 amide bonds. The van der Waals surface area contributed by atoms with Gasteiger partial charge in [-0.05, 0) is 72.4 Å². The summed E-state index contributed by atoms with van der Waals surface area (Å²) in [6.07, 6.45) is 5.49. The summed E-state index contributed by atoms with van der Waals surface area (Å²) >= 11 is 3.77. The largest absolute Gasteiger partial charge is 0.343 e. The first kappa shape index (κ1) is 22.3. The van der Waals surface area contributed by atoms with Crippen molar-refractivity contribution in [3.63, 3.8) is 0 Å². The van der Waals surface area contributed by atoms with Crippen molar-refractivity contribution in [3.05, 3.63) is 40.0 Å². The number of benzene rings is 1. The third-order valence-corrected chi connectivity index (χ3v) is 7.71. The average molecular weight is 486 g/mol. The van der Waals surface area contributed by atoms with E-state index in [9.17, 15) is 9.59 Å². The Labute approximate surface area is 193 Å². The second kappa shape index (κ2) is 8.91. The van der Waals surface area contributed by atoms with Gasteiger partial charge in [0.1, 0.15) is 0 Å². The lowest BCUT2D eigenvalue weighted by atomic mass is 9.79. The van der Waals surface area contributed by atoms with Crippen LogP contribution in [0.2, 0.25) is 0 Å². The SMILES string of the molecule is CCCCC(=O)n1c(Br)c2c3c(cccc31)C1=CC(C(=O)N(CC)CC)CN(C)C1C2. The minimum Gasteiger partial charge on any atom is -0.343 e. The molecule has 0 saturated heterocycles. The average Bonchev–Trinajstić information content (AvgIpc) is 3.06. The van der Waals surface area contributed by atoms with Crippen molar-refractivity contribution in [2.45, 2.75) is 52.5 Å². The first-order valence-electron chi connectivity index (χ1n) is 11.5. The Morgan fingerprint density at radius 2 is 1.94 bits per heavy atom. The molecule has 31 heavy (non-hydrogen) atoms. The summed E-state index contributed by atoms with van der Waals surface area (Å²) in [5.41, 5.74) is 4.57. The molecule has 4 rings (SSSR count). The second-order valence-corrected chi connectivity index (χ2v) is 9.45. The summed E-state index contributed by atoms with van der Waals surface area (Å²) in [5.74, 6) is 0.211. The van der Waals surface area contributed by atoms with Crippen molar-refractivity contribution in [1.82, 2.24) is 14.4 Å². The Hall–Kier alpha value is -1.92. The van der Waals surface area contributed by atoms with Crippen LogP contribution in [0.5, 0.6) is 0 Å². The van der Waals surface area contributed by atoms with Crippen LogP contribution in [-0.4, -0.2) is 58.9 Å². The van der Waals surface area contributed by atoms with Gasteiger partial charge in [-0.15, -0.1) is 0 Å². The molecule has 2 aliphatic rings. The van der Waals surface area contributed by atoms with E-state index in [0.717, 1.165) is 60.0 Å². The summed E-state index contributed by atoms with van der Waals surface area (Å²) in [6.45, 7) is 8.37. The number of amides is 1. The van der Waals surface area contributed by atoms with Gasteiger partial charge in [-0.3, -0.25) is 19.1 Å². The number of fused-ring (bicyclic) bond motifs is 2. The molecule has 0 radical (unpaired) electrons. The van der Waals surface area contributed by atoms with E-state index in [1.165, 1.54) is 11.1 Å². The summed E-state index contributed by atoms with van der Waals surface area (Å²) in [7, 11) is 2.11. The molecule has 2 aromatic rings. The minimum absolute atomic E-state index is 0.135. The lowest BCUT2D eigenvalue weighted by Crippen LogP contribution is -2.47. The van der Waals surface area contributed by atoms with E-state index in [0.29, 0.717) is 6.42 Å². The Morgan fingerprint density at radius 1 is 1.19 bits per heavy atom. The van der Waals surface area contributed by atoms with Gasteiger partial charge in [0.05, 0.1) is 16.0 Å². The van der Waals surface area contributed by atoms with E-state index in [4.69, 9.17) is 0 Å². The predicted octanol–water partition coefficient (Wildman–Crippen LogP) is 4.97. The maximum Gasteiger partial charge on any atom is 0.231 e. The molecular weight excluding hydrogens is 454 g/mol. The zero-order valence-corrected chi connectivity index (χ0v) is 20.5. The zero-order valence-electron chi connectivity index (χ0n) is 18.9. The highest BCUT2D eigenvalue weighted by molar-refractivity contribution is 9.10. The molecule has 0 saturated carbocycles. The van der Waals surface area contributed by atoms with Crippen molar-refractivity contribution in [2.75, 3.05) is 26.7 Å². The summed E-state index contributed by atoms with van der Waals surface area (Å²) in [6, 6.07) is 6.45. The molecule has 5 nitrogen and oxygen atoms in total. The molecule has 1 aliphatic heterocycles. The van der Waals surface area contributed by atoms with Gasteiger partial charge in [0.25, 0.3) is 0 Å². The standard InChI is InChI=1S/C25H32BrN3O2/c1-5-8-12-22(30)29-20-11-9-10-17-18-13-16(25(31)28(6-2)7-3)15-27(4)21(18)14-19(23(17)20)24(29)26/h9-11,13,16,21H,5-8,12,14-15H2,1-4H3. The van der Waals surface area contributed by atoms with E-state index in [2.05, 4.69) is 46.9 Å². The number of carbonyl (C=O) groups is 2. The number of rotatable bonds is 6. The predicted molar refractivity (Wildman–Crippen MR) is 129 cm³/mol. The van der Waals surface area contributed by atoms with Crippen molar-refractivity contribution in [3.8, 4) is 0 Å². The van der Waals surface area contributed by atoms with Crippen LogP contribution >= 0.6 is 15.9 Å². The monoisotopic (exact) mass is 485 g/mol. The molecule has 1 aromatic heterocycles. The van der Waals surface area contributed by atoms with E-state index < -0.39 is 0 Å². The fourth-order valence-corrected chi connectivity index (χ4v) is 5.95. The molecule has 2 unspecified atom stereocenters. The molecule has 0 N–H and O–H groups in total. The molecule has 1 aliphatic carbocycles. The highest BCUT2D eigenvalue weighted by atomic mass is 79.9. The van der Waals surface area contributed by atoms with E-state index in [1.807, 2.05) is 35.4 Å². The van der Waals surface area contributed by atoms with Gasteiger partial charge in [0.2, 0.25) is 11.8 Å². The number of hydrogen-bond acceptors (Lipinski definition) is 3. The van der Waals surface area contributed by atoms with Gasteiger partial charge < -0.3 is 4.90 Å². The first-order valence-corrected chi connectivity index (χ1v) is 12.3. The molecule has 6 heteroatoms. The smallest absolute Gasteiger partial charge is 0.231 e. The third kappa shape index (κ3) is 3.68. The topological polar surface area (TPSA) is 45.6 Å². The van der Waals surface area contributed by atoms with Crippen LogP contribution in [0.4, 0.5) is 0 Å². The molecule has 0 spiro atoms. The maximum absolute atomic E-state index is 13.1. The zero-order chi connectivity index (χ0) is 22.3. The first-order chi connectivity index (χ1) is 14.9. The molecule has 2 heterocycles. The summed E-state index contributed by atoms with van der Waals surface area (Å²) in [5, 5.41) is 1.16. The highest BCUT2D eigenvalue weighted by Gasteiger charge is 2.38. The van der Waals surface area contributed by atoms with Crippen molar-refractivity contribution >= 4 is 44.2 Å². The molecule has 166 valence electrons. The minimum atomic E-state index is -0.135. The van der Waals surface area contributed by atoms with Crippen molar-refractivity contribution in [2.24, 2.45) is 5.92 Å². The quantitative estimate of drug-likeness (QED) is 0.579. The lowest BCUT2D eigenvalue weighted by Gasteiger charge is -2.40. The Balaban J connectivity index is 1.83. The van der Waals surface area contributed by atoms with Crippen LogP contribution in [-0.2, 0) is 11.2 Å². The molecule has 1 aromatic carbocycles. The molecule has 0 bridgehead atoms. The fourth-order valence-electron chi connectivity index (χ4n) is 5.20. The number of halogens is 1. The van der Waals surface area contributed by atoms with Gasteiger partial charge in [-0.2, -0.15) is 0 Å². The van der Waals surface area contributed by atoms with Gasteiger partial charge >= 0.3 is 0 Å². The number of unbranched alkanes of at least 4 members (excludes halogenated alkanes) is 1. The number of likely N-dealkylation sites (N-methyl/N-ethyl adjacent to an activating group) is 1. The molecular formula is C25H32BrN3O2. The van der Waals surface area contributed by atoms with E-state index in [1.54, 1.807) is 0 Å². The van der Waals surface area contributed by atoms with Gasteiger partial charge in [-0.25, -0.2) is 0 Å². The van der Waals surface area contributed by atoms with Gasteiger partial charge in [-0.1, -0.05) is 31.6 Å². The maximum atomic E-state index is 13.1. The van der Waals surface area contributed by atoms with Crippen LogP contribution in [0.1, 0.15) is 56.0 Å². The van der Waals surface area contributed by atoms with Crippen LogP contribution in [0.15, 0.2) is 28.9 Å². The second-order valence-electron chi connectivity index (χ2n) is 8.70. The van der Waals surface area contributed by atoms with E-state index >= 15 is 0 Å². The van der Waals surface area contributed by atoms with Gasteiger partial charge in [0, 0.05) is 37.5 Å². The Bertz CT molecular complexity index is 1050. The Morgan fingerprint density at radius 3 is 2.61 bits per heavy atom. The third-order valence-electron chi connectivity index (χ3n) is 6.88. The molecule has 2 atom stereocenters. The number of hydrogen-bond donors (Lipinski definition) is 0. The lowest BCUT2D eigenvalue weighted by molar-refractivity contribution is -0.134. The fraction of sp³-hybridized carbons (Fsp3) is 0.520. The summed E-state index contributed by atoms with van der Waals surface area (Å²) < 4.78 is 2.75. The number of aromatic nitrogens is 1. The van der Waals surface area contributed by atoms with Crippen LogP contribution in [0.3, 0.4) is 0 Å². The van der Waals surface area contributed by atoms with Crippen LogP contribution in [0.25, 0.3) is 16.5 Å². The van der Waals surface area contributed by atoms with Gasteiger partial charge in [0.15, 0.2) is 0 Å². The highest BCUT2D eigenvalue weighted by Crippen LogP contribution is 2.45. The Kier molecular flexibility index (Phi) is 6.40. The normalized spacial score (nSPS) is 20.5.